The number of benzene rings is 4. The van der Waals surface area contributed by atoms with Crippen LogP contribution in [0.1, 0.15) is 41.5 Å². The van der Waals surface area contributed by atoms with Gasteiger partial charge >= 0.3 is 0 Å². The first-order valence-electron chi connectivity index (χ1n) is 15.7. The van der Waals surface area contributed by atoms with E-state index in [0.29, 0.717) is 5.82 Å². The molecular weight excluding hydrogens is 771 g/mol. The maximum Gasteiger partial charge on any atom is 0.164 e. The number of para-hydroxylation sites is 1. The zero-order valence-corrected chi connectivity index (χ0v) is 30.5. The molecule has 4 aromatic carbocycles. The summed E-state index contributed by atoms with van der Waals surface area (Å²) in [5.41, 5.74) is 6.82. The second-order valence-corrected chi connectivity index (χ2v) is 13.5. The molecule has 0 spiro atoms. The van der Waals surface area contributed by atoms with Gasteiger partial charge in [-0.1, -0.05) is 138 Å². The number of nitrogens with zero attached hydrogens (tertiary/aromatic N) is 3. The van der Waals surface area contributed by atoms with Crippen LogP contribution < -0.4 is 0 Å². The van der Waals surface area contributed by atoms with Crippen LogP contribution in [0, 0.1) is 16.9 Å². The first-order chi connectivity index (χ1) is 22.4. The monoisotopic (exact) mass is 811 g/mol. The summed E-state index contributed by atoms with van der Waals surface area (Å²) >= 11 is 0. The van der Waals surface area contributed by atoms with Crippen LogP contribution in [0.2, 0.25) is 0 Å². The van der Waals surface area contributed by atoms with Crippen LogP contribution >= 0.6 is 0 Å². The summed E-state index contributed by atoms with van der Waals surface area (Å²) in [6.07, 6.45) is 1.33. The van der Waals surface area contributed by atoms with Crippen molar-refractivity contribution in [2.45, 2.75) is 41.5 Å². The van der Waals surface area contributed by atoms with Crippen molar-refractivity contribution in [3.63, 3.8) is 0 Å². The molecule has 0 amide bonds. The molecule has 0 saturated carbocycles. The standard InChI is InChI=1S/C31H20N3.C11H20O2.Ir/c1-3-10-22(11-4-1)29-21-30(23-12-5-2-6-13-23)34-31(33-29)26-16-9-15-25(20-26)28-19-18-24-14-7-8-17-27(24)32-28;1-10(2,3)8(12)7-9(13)11(4,5)6;/h1-14,16-21H;7,12H,1-6H3;/q-1;;. The number of aliphatic hydroxyl groups is 1. The summed E-state index contributed by atoms with van der Waals surface area (Å²) in [5, 5.41) is 10.7. The third-order valence-electron chi connectivity index (χ3n) is 7.57. The molecule has 0 aliphatic carbocycles. The van der Waals surface area contributed by atoms with Crippen molar-refractivity contribution in [3.8, 4) is 45.2 Å². The van der Waals surface area contributed by atoms with Crippen molar-refractivity contribution < 1.29 is 30.0 Å². The number of pyridine rings is 1. The van der Waals surface area contributed by atoms with Crippen LogP contribution in [0.25, 0.3) is 56.1 Å². The normalized spacial score (nSPS) is 11.7. The van der Waals surface area contributed by atoms with E-state index < -0.39 is 5.41 Å². The maximum atomic E-state index is 11.5. The van der Waals surface area contributed by atoms with E-state index in [0.717, 1.165) is 50.2 Å². The zero-order chi connectivity index (χ0) is 33.6. The van der Waals surface area contributed by atoms with Crippen molar-refractivity contribution in [2.75, 3.05) is 0 Å². The second-order valence-electron chi connectivity index (χ2n) is 13.5. The average Bonchev–Trinajstić information content (AvgIpc) is 3.08. The molecule has 0 bridgehead atoms. The predicted molar refractivity (Wildman–Crippen MR) is 193 cm³/mol. The number of carbonyl (C=O) groups is 1. The molecule has 0 unspecified atom stereocenters. The van der Waals surface area contributed by atoms with Gasteiger partial charge in [0.15, 0.2) is 5.78 Å². The number of hydrogen-bond donors (Lipinski definition) is 1. The Kier molecular flexibility index (Phi) is 11.6. The third-order valence-corrected chi connectivity index (χ3v) is 7.57. The molecule has 2 heterocycles. The topological polar surface area (TPSA) is 76.0 Å². The summed E-state index contributed by atoms with van der Waals surface area (Å²) in [7, 11) is 0. The molecule has 1 N–H and O–H groups in total. The first-order valence-corrected chi connectivity index (χ1v) is 15.7. The van der Waals surface area contributed by atoms with E-state index in [9.17, 15) is 9.90 Å². The Labute approximate surface area is 297 Å². The fourth-order valence-corrected chi connectivity index (χ4v) is 4.62. The van der Waals surface area contributed by atoms with Gasteiger partial charge in [-0.3, -0.25) is 9.78 Å². The molecule has 0 aliphatic rings. The van der Waals surface area contributed by atoms with Gasteiger partial charge in [0.2, 0.25) is 0 Å². The van der Waals surface area contributed by atoms with Gasteiger partial charge in [-0.2, -0.15) is 0 Å². The van der Waals surface area contributed by atoms with Crippen LogP contribution in [-0.2, 0) is 24.9 Å². The smallest absolute Gasteiger partial charge is 0.164 e. The third kappa shape index (κ3) is 9.19. The van der Waals surface area contributed by atoms with Crippen molar-refractivity contribution in [2.24, 2.45) is 10.8 Å². The van der Waals surface area contributed by atoms with E-state index in [2.05, 4.69) is 54.6 Å². The minimum absolute atomic E-state index is 0. The average molecular weight is 811 g/mol. The van der Waals surface area contributed by atoms with E-state index >= 15 is 0 Å². The number of aliphatic hydroxyl groups excluding tert-OH is 1. The largest absolute Gasteiger partial charge is 0.512 e. The van der Waals surface area contributed by atoms with E-state index in [4.69, 9.17) is 15.0 Å². The minimum atomic E-state index is -0.417. The fraction of sp³-hybridized carbons (Fsp3) is 0.190. The van der Waals surface area contributed by atoms with Gasteiger partial charge in [-0.05, 0) is 23.2 Å². The van der Waals surface area contributed by atoms with Crippen LogP contribution in [0.15, 0.2) is 133 Å². The summed E-state index contributed by atoms with van der Waals surface area (Å²) in [5.74, 6) is 0.781. The molecule has 245 valence electrons. The number of allylic oxidation sites excluding steroid dienone is 2. The van der Waals surface area contributed by atoms with E-state index in [-0.39, 0.29) is 37.1 Å². The van der Waals surface area contributed by atoms with Crippen LogP contribution in [-0.4, -0.2) is 25.8 Å². The molecule has 6 aromatic rings. The van der Waals surface area contributed by atoms with E-state index in [1.165, 1.54) is 6.08 Å². The number of rotatable bonds is 5. The Hall–Kier alpha value is -4.77. The van der Waals surface area contributed by atoms with Gasteiger partial charge in [0.1, 0.15) is 11.6 Å². The van der Waals surface area contributed by atoms with Gasteiger partial charge in [0.05, 0.1) is 16.9 Å². The molecule has 6 heteroatoms. The van der Waals surface area contributed by atoms with Gasteiger partial charge in [0, 0.05) is 48.1 Å². The molecule has 0 saturated heterocycles. The predicted octanol–water partition coefficient (Wildman–Crippen LogP) is 10.6. The Balaban J connectivity index is 0.000000319. The molecule has 1 radical (unpaired) electrons. The van der Waals surface area contributed by atoms with E-state index in [1.807, 2.05) is 114 Å². The van der Waals surface area contributed by atoms with Crippen LogP contribution in [0.4, 0.5) is 0 Å². The molecule has 48 heavy (non-hydrogen) atoms. The van der Waals surface area contributed by atoms with Crippen molar-refractivity contribution in [1.29, 1.82) is 0 Å². The minimum Gasteiger partial charge on any atom is -0.512 e. The van der Waals surface area contributed by atoms with Crippen molar-refractivity contribution in [1.82, 2.24) is 15.0 Å². The zero-order valence-electron chi connectivity index (χ0n) is 28.2. The summed E-state index contributed by atoms with van der Waals surface area (Å²) < 4.78 is 0. The van der Waals surface area contributed by atoms with Gasteiger partial charge in [-0.25, -0.2) is 9.97 Å². The second kappa shape index (κ2) is 15.4. The molecule has 0 atom stereocenters. The number of hydrogen-bond acceptors (Lipinski definition) is 5. The number of fused-ring (bicyclic) bond motifs is 1. The Morgan fingerprint density at radius 1 is 0.625 bits per heavy atom. The summed E-state index contributed by atoms with van der Waals surface area (Å²) in [4.78, 5) is 26.2. The molecular formula is C42H40IrN3O2-. The first kappa shape index (κ1) is 36.1. The Bertz CT molecular complexity index is 1970. The number of carbonyl (C=O) groups excluding carboxylic acids is 1. The molecule has 6 rings (SSSR count). The molecule has 0 aliphatic heterocycles. The summed E-state index contributed by atoms with van der Waals surface area (Å²) in [6.45, 7) is 11.1. The van der Waals surface area contributed by atoms with Gasteiger partial charge in [-0.15, -0.1) is 29.8 Å². The molecule has 2 aromatic heterocycles. The SMILES string of the molecule is CC(C)(C)C(=O)C=C(O)C(C)(C)C.[Ir].[c-]1ccc(-c2nc(-c3ccccc3)cc(-c3ccccc3)n2)cc1-c1ccc2ccccc2n1. The quantitative estimate of drug-likeness (QED) is 0.107. The molecule has 5 nitrogen and oxygen atoms in total. The summed E-state index contributed by atoms with van der Waals surface area (Å²) in [6, 6.07) is 44.1. The fourth-order valence-electron chi connectivity index (χ4n) is 4.62. The van der Waals surface area contributed by atoms with Crippen molar-refractivity contribution >= 4 is 16.7 Å². The van der Waals surface area contributed by atoms with Crippen LogP contribution in [0.3, 0.4) is 0 Å². The molecule has 0 fully saturated rings. The maximum absolute atomic E-state index is 11.5. The van der Waals surface area contributed by atoms with Gasteiger partial charge in [0.25, 0.3) is 0 Å². The number of aromatic nitrogens is 3. The Morgan fingerprint density at radius 2 is 1.19 bits per heavy atom. The van der Waals surface area contributed by atoms with Crippen LogP contribution in [0.5, 0.6) is 0 Å². The van der Waals surface area contributed by atoms with E-state index in [1.54, 1.807) is 0 Å². The van der Waals surface area contributed by atoms with Gasteiger partial charge < -0.3 is 5.11 Å². The number of ketones is 1. The Morgan fingerprint density at radius 3 is 1.75 bits per heavy atom. The van der Waals surface area contributed by atoms with Crippen molar-refractivity contribution in [3.05, 3.63) is 139 Å².